The molecule has 0 unspecified atom stereocenters. The van der Waals surface area contributed by atoms with Gasteiger partial charge in [-0.2, -0.15) is 0 Å². The third-order valence-electron chi connectivity index (χ3n) is 2.36. The van der Waals surface area contributed by atoms with Gasteiger partial charge in [0.2, 0.25) is 0 Å². The summed E-state index contributed by atoms with van der Waals surface area (Å²) >= 11 is 2.44. The Kier molecular flexibility index (Phi) is 4.88. The van der Waals surface area contributed by atoms with Crippen molar-refractivity contribution < 1.29 is 13.8 Å². The molecule has 0 saturated heterocycles. The van der Waals surface area contributed by atoms with E-state index in [1.54, 1.807) is 20.4 Å². The SMILES string of the molecule is CO[C@@H]1C[C@H](I)CC[C@H]1OP(C)(C)=O. The molecule has 1 rings (SSSR count). The third kappa shape index (κ3) is 4.17. The van der Waals surface area contributed by atoms with E-state index in [1.807, 2.05) is 0 Å². The molecule has 3 atom stereocenters. The Morgan fingerprint density at radius 3 is 2.43 bits per heavy atom. The molecule has 0 aromatic rings. The number of hydrogen-bond acceptors (Lipinski definition) is 3. The van der Waals surface area contributed by atoms with E-state index < -0.39 is 7.37 Å². The quantitative estimate of drug-likeness (QED) is 0.453. The molecule has 3 nitrogen and oxygen atoms in total. The van der Waals surface area contributed by atoms with E-state index >= 15 is 0 Å². The van der Waals surface area contributed by atoms with Crippen molar-refractivity contribution in [3.8, 4) is 0 Å². The van der Waals surface area contributed by atoms with Crippen molar-refractivity contribution >= 4 is 30.0 Å². The predicted molar refractivity (Wildman–Crippen MR) is 66.8 cm³/mol. The number of alkyl halides is 1. The van der Waals surface area contributed by atoms with Crippen LogP contribution >= 0.6 is 30.0 Å². The van der Waals surface area contributed by atoms with Crippen LogP contribution in [0.1, 0.15) is 19.3 Å². The van der Waals surface area contributed by atoms with E-state index in [9.17, 15) is 4.57 Å². The van der Waals surface area contributed by atoms with Crippen LogP contribution in [0.25, 0.3) is 0 Å². The zero-order chi connectivity index (χ0) is 10.8. The lowest BCUT2D eigenvalue weighted by Crippen LogP contribution is -2.36. The Balaban J connectivity index is 2.55. The van der Waals surface area contributed by atoms with Crippen molar-refractivity contribution in [2.75, 3.05) is 20.4 Å². The lowest BCUT2D eigenvalue weighted by atomic mass is 9.95. The maximum Gasteiger partial charge on any atom is 0.197 e. The highest BCUT2D eigenvalue weighted by Gasteiger charge is 2.32. The Hall–Kier alpha value is 0.880. The first-order valence-electron chi connectivity index (χ1n) is 4.82. The second kappa shape index (κ2) is 5.28. The summed E-state index contributed by atoms with van der Waals surface area (Å²) < 4.78 is 23.1. The van der Waals surface area contributed by atoms with E-state index in [2.05, 4.69) is 22.6 Å². The van der Waals surface area contributed by atoms with Gasteiger partial charge in [-0.1, -0.05) is 22.6 Å². The van der Waals surface area contributed by atoms with Crippen molar-refractivity contribution in [2.45, 2.75) is 35.4 Å². The molecule has 1 aliphatic rings. The standard InChI is InChI=1S/C9H18IO3P/c1-12-9-6-7(10)4-5-8(9)13-14(2,3)11/h7-9H,4-6H2,1-3H3/t7-,8-,9-/m1/s1. The van der Waals surface area contributed by atoms with Crippen LogP contribution in [0.15, 0.2) is 0 Å². The van der Waals surface area contributed by atoms with Crippen LogP contribution < -0.4 is 0 Å². The van der Waals surface area contributed by atoms with Gasteiger partial charge in [0.25, 0.3) is 0 Å². The van der Waals surface area contributed by atoms with Crippen LogP contribution in [0.2, 0.25) is 0 Å². The van der Waals surface area contributed by atoms with E-state index in [0.29, 0.717) is 3.92 Å². The van der Waals surface area contributed by atoms with Gasteiger partial charge in [-0.3, -0.25) is 4.57 Å². The number of methoxy groups -OCH3 is 1. The normalized spacial score (nSPS) is 34.4. The molecule has 0 N–H and O–H groups in total. The zero-order valence-electron chi connectivity index (χ0n) is 8.90. The minimum atomic E-state index is -2.39. The monoisotopic (exact) mass is 332 g/mol. The second-order valence-electron chi connectivity index (χ2n) is 4.08. The summed E-state index contributed by atoms with van der Waals surface area (Å²) in [6, 6.07) is 0. The van der Waals surface area contributed by atoms with Gasteiger partial charge in [0.15, 0.2) is 7.37 Å². The Bertz CT molecular complexity index is 228. The summed E-state index contributed by atoms with van der Waals surface area (Å²) in [4.78, 5) is 0. The average Bonchev–Trinajstić information content (AvgIpc) is 2.06. The number of rotatable bonds is 3. The molecule has 1 saturated carbocycles. The fourth-order valence-electron chi connectivity index (χ4n) is 1.75. The van der Waals surface area contributed by atoms with E-state index in [1.165, 1.54) is 0 Å². The molecular formula is C9H18IO3P. The largest absolute Gasteiger partial charge is 0.379 e. The predicted octanol–water partition coefficient (Wildman–Crippen LogP) is 2.91. The lowest BCUT2D eigenvalue weighted by Gasteiger charge is -2.33. The minimum absolute atomic E-state index is 0.0202. The van der Waals surface area contributed by atoms with Crippen LogP contribution in [0.4, 0.5) is 0 Å². The maximum atomic E-state index is 11.5. The van der Waals surface area contributed by atoms with Gasteiger partial charge in [-0.25, -0.2) is 0 Å². The molecule has 1 fully saturated rings. The molecule has 84 valence electrons. The van der Waals surface area contributed by atoms with Gasteiger partial charge in [0.05, 0.1) is 12.2 Å². The van der Waals surface area contributed by atoms with Crippen molar-refractivity contribution in [3.05, 3.63) is 0 Å². The van der Waals surface area contributed by atoms with Gasteiger partial charge in [-0.05, 0) is 19.3 Å². The highest BCUT2D eigenvalue weighted by Crippen LogP contribution is 2.43. The molecule has 1 aliphatic carbocycles. The summed E-state index contributed by atoms with van der Waals surface area (Å²) in [6.45, 7) is 3.33. The van der Waals surface area contributed by atoms with E-state index in [-0.39, 0.29) is 12.2 Å². The second-order valence-corrected chi connectivity index (χ2v) is 8.56. The molecular weight excluding hydrogens is 314 g/mol. The van der Waals surface area contributed by atoms with Gasteiger partial charge in [-0.15, -0.1) is 0 Å². The minimum Gasteiger partial charge on any atom is -0.379 e. The molecule has 0 aromatic heterocycles. The van der Waals surface area contributed by atoms with Gasteiger partial charge >= 0.3 is 0 Å². The first kappa shape index (κ1) is 12.9. The molecule has 5 heteroatoms. The van der Waals surface area contributed by atoms with Gasteiger partial charge < -0.3 is 9.26 Å². The number of halogens is 1. The highest BCUT2D eigenvalue weighted by molar-refractivity contribution is 14.1. The molecule has 0 bridgehead atoms. The molecule has 0 radical (unpaired) electrons. The molecule has 0 aromatic carbocycles. The fraction of sp³-hybridized carbons (Fsp3) is 1.00. The Morgan fingerprint density at radius 1 is 1.29 bits per heavy atom. The van der Waals surface area contributed by atoms with Crippen molar-refractivity contribution in [2.24, 2.45) is 0 Å². The molecule has 0 amide bonds. The van der Waals surface area contributed by atoms with Gasteiger partial charge in [0, 0.05) is 24.4 Å². The molecule has 0 heterocycles. The first-order valence-corrected chi connectivity index (χ1v) is 8.59. The van der Waals surface area contributed by atoms with Crippen LogP contribution in [0, 0.1) is 0 Å². The highest BCUT2D eigenvalue weighted by atomic mass is 127. The summed E-state index contributed by atoms with van der Waals surface area (Å²) in [6.07, 6.45) is 3.22. The van der Waals surface area contributed by atoms with Gasteiger partial charge in [0.1, 0.15) is 0 Å². The van der Waals surface area contributed by atoms with Crippen LogP contribution in [-0.4, -0.2) is 36.6 Å². The first-order chi connectivity index (χ1) is 6.42. The number of ether oxygens (including phenoxy) is 1. The van der Waals surface area contributed by atoms with Crippen molar-refractivity contribution in [1.29, 1.82) is 0 Å². The fourth-order valence-corrected chi connectivity index (χ4v) is 3.50. The smallest absolute Gasteiger partial charge is 0.197 e. The topological polar surface area (TPSA) is 35.5 Å². The van der Waals surface area contributed by atoms with Crippen LogP contribution in [0.3, 0.4) is 0 Å². The lowest BCUT2D eigenvalue weighted by molar-refractivity contribution is -0.0180. The summed E-state index contributed by atoms with van der Waals surface area (Å²) in [5.41, 5.74) is 0. The van der Waals surface area contributed by atoms with Crippen molar-refractivity contribution in [1.82, 2.24) is 0 Å². The van der Waals surface area contributed by atoms with E-state index in [4.69, 9.17) is 9.26 Å². The molecule has 0 spiro atoms. The average molecular weight is 332 g/mol. The van der Waals surface area contributed by atoms with Crippen LogP contribution in [0.5, 0.6) is 0 Å². The molecule has 14 heavy (non-hydrogen) atoms. The third-order valence-corrected chi connectivity index (χ3v) is 4.27. The summed E-state index contributed by atoms with van der Waals surface area (Å²) in [5.74, 6) is 0. The Labute approximate surface area is 99.5 Å². The Morgan fingerprint density at radius 2 is 1.93 bits per heavy atom. The zero-order valence-corrected chi connectivity index (χ0v) is 12.0. The summed E-state index contributed by atoms with van der Waals surface area (Å²) in [5, 5.41) is 0. The summed E-state index contributed by atoms with van der Waals surface area (Å²) in [7, 11) is -0.687. The van der Waals surface area contributed by atoms with E-state index in [0.717, 1.165) is 19.3 Å². The van der Waals surface area contributed by atoms with Crippen molar-refractivity contribution in [3.63, 3.8) is 0 Å². The number of hydrogen-bond donors (Lipinski definition) is 0. The molecule has 0 aliphatic heterocycles. The maximum absolute atomic E-state index is 11.5. The van der Waals surface area contributed by atoms with Crippen LogP contribution in [-0.2, 0) is 13.8 Å².